The molecule has 2 N–H and O–H groups in total. The number of nitrogens with one attached hydrogen (secondary N) is 2. The van der Waals surface area contributed by atoms with Gasteiger partial charge in [-0.1, -0.05) is 18.6 Å². The number of hydrogen-bond acceptors (Lipinski definition) is 2. The van der Waals surface area contributed by atoms with Crippen LogP contribution in [-0.2, 0) is 9.59 Å². The van der Waals surface area contributed by atoms with E-state index in [1.807, 2.05) is 31.2 Å². The van der Waals surface area contributed by atoms with Crippen molar-refractivity contribution in [1.29, 1.82) is 0 Å². The van der Waals surface area contributed by atoms with Crippen LogP contribution in [0.2, 0.25) is 0 Å². The summed E-state index contributed by atoms with van der Waals surface area (Å²) in [7, 11) is 0. The Morgan fingerprint density at radius 1 is 1.13 bits per heavy atom. The number of anilines is 2. The normalized spacial score (nSPS) is 20.9. The first-order valence-corrected chi connectivity index (χ1v) is 8.71. The SMILES string of the molecule is C[C@H](C(=O)N1CC(=O)Nc2ccccc21)[NH+]1CCCCCCC1. The summed E-state index contributed by atoms with van der Waals surface area (Å²) < 4.78 is 0. The molecule has 0 aromatic heterocycles. The number of fused-ring (bicyclic) bond motifs is 1. The van der Waals surface area contributed by atoms with E-state index in [1.165, 1.54) is 37.0 Å². The zero-order valence-corrected chi connectivity index (χ0v) is 13.8. The van der Waals surface area contributed by atoms with Crippen LogP contribution in [0, 0.1) is 0 Å². The van der Waals surface area contributed by atoms with Gasteiger partial charge in [0.05, 0.1) is 24.5 Å². The van der Waals surface area contributed by atoms with Gasteiger partial charge < -0.3 is 10.2 Å². The van der Waals surface area contributed by atoms with E-state index in [4.69, 9.17) is 0 Å². The Labute approximate surface area is 137 Å². The molecule has 2 amide bonds. The van der Waals surface area contributed by atoms with E-state index in [2.05, 4.69) is 5.32 Å². The molecule has 0 bridgehead atoms. The first kappa shape index (κ1) is 16.0. The third-order valence-corrected chi connectivity index (χ3v) is 5.02. The molecule has 1 aromatic rings. The Morgan fingerprint density at radius 3 is 2.52 bits per heavy atom. The van der Waals surface area contributed by atoms with Gasteiger partial charge in [0, 0.05) is 0 Å². The number of carbonyl (C=O) groups is 2. The second-order valence-corrected chi connectivity index (χ2v) is 6.64. The van der Waals surface area contributed by atoms with Crippen molar-refractivity contribution in [2.75, 3.05) is 29.9 Å². The van der Waals surface area contributed by atoms with Crippen LogP contribution in [-0.4, -0.2) is 37.5 Å². The number of hydrogen-bond donors (Lipinski definition) is 2. The monoisotopic (exact) mass is 316 g/mol. The predicted molar refractivity (Wildman–Crippen MR) is 90.7 cm³/mol. The Kier molecular flexibility index (Phi) is 4.96. The predicted octanol–water partition coefficient (Wildman–Crippen LogP) is 1.21. The van der Waals surface area contributed by atoms with E-state index in [0.717, 1.165) is 24.5 Å². The van der Waals surface area contributed by atoms with Crippen LogP contribution in [0.25, 0.3) is 0 Å². The van der Waals surface area contributed by atoms with Crippen LogP contribution >= 0.6 is 0 Å². The number of rotatable bonds is 2. The molecule has 124 valence electrons. The summed E-state index contributed by atoms with van der Waals surface area (Å²) >= 11 is 0. The molecule has 23 heavy (non-hydrogen) atoms. The maximum atomic E-state index is 13.0. The molecule has 5 heteroatoms. The van der Waals surface area contributed by atoms with Gasteiger partial charge in [-0.2, -0.15) is 0 Å². The molecule has 5 nitrogen and oxygen atoms in total. The van der Waals surface area contributed by atoms with Crippen molar-refractivity contribution in [3.63, 3.8) is 0 Å². The summed E-state index contributed by atoms with van der Waals surface area (Å²) in [5.41, 5.74) is 1.54. The zero-order chi connectivity index (χ0) is 16.2. The highest BCUT2D eigenvalue weighted by Gasteiger charge is 2.34. The van der Waals surface area contributed by atoms with Gasteiger partial charge in [0.2, 0.25) is 5.91 Å². The summed E-state index contributed by atoms with van der Waals surface area (Å²) in [6.45, 7) is 4.23. The highest BCUT2D eigenvalue weighted by molar-refractivity contribution is 6.10. The average Bonchev–Trinajstić information content (AvgIpc) is 2.52. The van der Waals surface area contributed by atoms with Gasteiger partial charge in [-0.3, -0.25) is 14.5 Å². The maximum Gasteiger partial charge on any atom is 0.285 e. The van der Waals surface area contributed by atoms with Gasteiger partial charge in [0.15, 0.2) is 6.04 Å². The van der Waals surface area contributed by atoms with E-state index in [0.29, 0.717) is 0 Å². The van der Waals surface area contributed by atoms with Crippen LogP contribution in [0.4, 0.5) is 11.4 Å². The lowest BCUT2D eigenvalue weighted by Crippen LogP contribution is -3.16. The minimum atomic E-state index is -0.119. The number of likely N-dealkylation sites (tertiary alicyclic amines) is 1. The van der Waals surface area contributed by atoms with Crippen molar-refractivity contribution in [3.8, 4) is 0 Å². The lowest BCUT2D eigenvalue weighted by atomic mass is 10.1. The Morgan fingerprint density at radius 2 is 1.78 bits per heavy atom. The molecule has 0 aliphatic carbocycles. The first-order valence-electron chi connectivity index (χ1n) is 8.71. The van der Waals surface area contributed by atoms with Crippen LogP contribution in [0.3, 0.4) is 0 Å². The van der Waals surface area contributed by atoms with Crippen molar-refractivity contribution in [3.05, 3.63) is 24.3 Å². The van der Waals surface area contributed by atoms with Crippen molar-refractivity contribution in [2.45, 2.75) is 45.1 Å². The Bertz CT molecular complexity index is 579. The maximum absolute atomic E-state index is 13.0. The number of benzene rings is 1. The number of carbonyl (C=O) groups excluding carboxylic acids is 2. The van der Waals surface area contributed by atoms with Crippen LogP contribution in [0.5, 0.6) is 0 Å². The van der Waals surface area contributed by atoms with E-state index in [1.54, 1.807) is 4.90 Å². The van der Waals surface area contributed by atoms with Crippen molar-refractivity contribution < 1.29 is 14.5 Å². The molecule has 2 aliphatic heterocycles. The molecule has 2 aliphatic rings. The third kappa shape index (κ3) is 3.55. The molecule has 0 unspecified atom stereocenters. The van der Waals surface area contributed by atoms with Gasteiger partial charge in [-0.05, 0) is 44.7 Å². The molecule has 2 heterocycles. The molecule has 1 atom stereocenters. The highest BCUT2D eigenvalue weighted by atomic mass is 16.2. The van der Waals surface area contributed by atoms with E-state index < -0.39 is 0 Å². The number of nitrogens with zero attached hydrogens (tertiary/aromatic N) is 1. The molecule has 0 spiro atoms. The molecular formula is C18H26N3O2+. The minimum absolute atomic E-state index is 0.0582. The minimum Gasteiger partial charge on any atom is -0.325 e. The standard InChI is InChI=1S/C18H25N3O2/c1-14(20-11-7-3-2-4-8-12-20)18(23)21-13-17(22)19-15-9-5-6-10-16(15)21/h5-6,9-10,14H,2-4,7-8,11-13H2,1H3,(H,19,22)/p+1/t14-/m1/s1. The van der Waals surface area contributed by atoms with Gasteiger partial charge in [0.1, 0.15) is 6.54 Å². The second-order valence-electron chi connectivity index (χ2n) is 6.64. The number of amides is 2. The van der Waals surface area contributed by atoms with E-state index >= 15 is 0 Å². The van der Waals surface area contributed by atoms with E-state index in [-0.39, 0.29) is 24.4 Å². The van der Waals surface area contributed by atoms with Crippen LogP contribution in [0.15, 0.2) is 24.3 Å². The van der Waals surface area contributed by atoms with Crippen molar-refractivity contribution in [1.82, 2.24) is 0 Å². The Hall–Kier alpha value is -1.88. The third-order valence-electron chi connectivity index (χ3n) is 5.02. The van der Waals surface area contributed by atoms with Crippen LogP contribution < -0.4 is 15.1 Å². The number of quaternary nitrogens is 1. The molecule has 1 fully saturated rings. The molecule has 1 aromatic carbocycles. The molecule has 0 saturated carbocycles. The van der Waals surface area contributed by atoms with Gasteiger partial charge in [0.25, 0.3) is 5.91 Å². The summed E-state index contributed by atoms with van der Waals surface area (Å²) in [6, 6.07) is 7.43. The highest BCUT2D eigenvalue weighted by Crippen LogP contribution is 2.29. The lowest BCUT2D eigenvalue weighted by Gasteiger charge is -2.34. The fourth-order valence-corrected chi connectivity index (χ4v) is 3.63. The summed E-state index contributed by atoms with van der Waals surface area (Å²) in [4.78, 5) is 28.0. The first-order chi connectivity index (χ1) is 11.2. The largest absolute Gasteiger partial charge is 0.325 e. The quantitative estimate of drug-likeness (QED) is 0.862. The topological polar surface area (TPSA) is 53.9 Å². The zero-order valence-electron chi connectivity index (χ0n) is 13.8. The van der Waals surface area contributed by atoms with Gasteiger partial charge in [-0.25, -0.2) is 0 Å². The van der Waals surface area contributed by atoms with Gasteiger partial charge in [-0.15, -0.1) is 0 Å². The molecule has 0 radical (unpaired) electrons. The smallest absolute Gasteiger partial charge is 0.285 e. The van der Waals surface area contributed by atoms with E-state index in [9.17, 15) is 9.59 Å². The summed E-state index contributed by atoms with van der Waals surface area (Å²) in [5, 5.41) is 2.84. The molecule has 3 rings (SSSR count). The molecular weight excluding hydrogens is 290 g/mol. The van der Waals surface area contributed by atoms with Crippen molar-refractivity contribution >= 4 is 23.2 Å². The van der Waals surface area contributed by atoms with Crippen LogP contribution in [0.1, 0.15) is 39.0 Å². The van der Waals surface area contributed by atoms with Gasteiger partial charge >= 0.3 is 0 Å². The summed E-state index contributed by atoms with van der Waals surface area (Å²) in [6.07, 6.45) is 6.21. The lowest BCUT2D eigenvalue weighted by molar-refractivity contribution is -0.915. The average molecular weight is 316 g/mol. The molecule has 1 saturated heterocycles. The Balaban J connectivity index is 1.77. The fraction of sp³-hybridized carbons (Fsp3) is 0.556. The summed E-state index contributed by atoms with van der Waals surface area (Å²) in [5.74, 6) is -0.0604. The fourth-order valence-electron chi connectivity index (χ4n) is 3.63. The second kappa shape index (κ2) is 7.13. The number of para-hydroxylation sites is 2. The van der Waals surface area contributed by atoms with Crippen molar-refractivity contribution in [2.24, 2.45) is 0 Å².